The summed E-state index contributed by atoms with van der Waals surface area (Å²) >= 11 is 0. The lowest BCUT2D eigenvalue weighted by Crippen LogP contribution is -1.97. The third-order valence-electron chi connectivity index (χ3n) is 4.69. The standard InChI is InChI=1S/C21H15F3/c1-2-12-3-8-16-14(9-12)10-18-17(16)11-19(23)20(21(18)24)13-4-6-15(22)7-5-13/h3-9,11H,2,10H2,1H3. The van der Waals surface area contributed by atoms with Gasteiger partial charge in [-0.05, 0) is 52.4 Å². The Kier molecular flexibility index (Phi) is 3.45. The zero-order valence-corrected chi connectivity index (χ0v) is 13.2. The number of halogens is 3. The molecule has 0 heterocycles. The van der Waals surface area contributed by atoms with Crippen molar-refractivity contribution in [2.75, 3.05) is 0 Å². The van der Waals surface area contributed by atoms with Crippen LogP contribution in [-0.4, -0.2) is 0 Å². The lowest BCUT2D eigenvalue weighted by molar-refractivity contribution is 0.583. The molecule has 24 heavy (non-hydrogen) atoms. The average Bonchev–Trinajstić information content (AvgIpc) is 2.94. The lowest BCUT2D eigenvalue weighted by Gasteiger charge is -2.10. The van der Waals surface area contributed by atoms with Crippen molar-refractivity contribution in [2.45, 2.75) is 19.8 Å². The van der Waals surface area contributed by atoms with E-state index in [9.17, 15) is 8.78 Å². The molecule has 0 unspecified atom stereocenters. The minimum atomic E-state index is -0.620. The zero-order valence-electron chi connectivity index (χ0n) is 13.2. The first-order valence-corrected chi connectivity index (χ1v) is 7.97. The molecule has 0 fully saturated rings. The van der Waals surface area contributed by atoms with Crippen LogP contribution in [0.15, 0.2) is 48.5 Å². The van der Waals surface area contributed by atoms with Gasteiger partial charge in [-0.2, -0.15) is 0 Å². The molecule has 3 aromatic rings. The fraction of sp³-hybridized carbons (Fsp3) is 0.143. The van der Waals surface area contributed by atoms with E-state index < -0.39 is 17.5 Å². The normalized spacial score (nSPS) is 12.2. The summed E-state index contributed by atoms with van der Waals surface area (Å²) in [4.78, 5) is 0. The van der Waals surface area contributed by atoms with E-state index >= 15 is 4.39 Å². The number of hydrogen-bond donors (Lipinski definition) is 0. The maximum Gasteiger partial charge on any atom is 0.138 e. The van der Waals surface area contributed by atoms with Crippen molar-refractivity contribution in [3.05, 3.63) is 82.7 Å². The van der Waals surface area contributed by atoms with Crippen LogP contribution in [0.4, 0.5) is 13.2 Å². The fourth-order valence-corrected chi connectivity index (χ4v) is 3.42. The average molecular weight is 324 g/mol. The van der Waals surface area contributed by atoms with E-state index in [0.717, 1.165) is 17.5 Å². The quantitative estimate of drug-likeness (QED) is 0.430. The van der Waals surface area contributed by atoms with Gasteiger partial charge in [-0.1, -0.05) is 37.3 Å². The molecular formula is C21H15F3. The molecule has 120 valence electrons. The highest BCUT2D eigenvalue weighted by Gasteiger charge is 2.26. The van der Waals surface area contributed by atoms with Gasteiger partial charge in [-0.3, -0.25) is 0 Å². The van der Waals surface area contributed by atoms with Gasteiger partial charge in [0.1, 0.15) is 17.5 Å². The molecular weight excluding hydrogens is 309 g/mol. The molecule has 4 rings (SSSR count). The maximum atomic E-state index is 15.0. The summed E-state index contributed by atoms with van der Waals surface area (Å²) < 4.78 is 42.7. The molecule has 0 atom stereocenters. The second-order valence-electron chi connectivity index (χ2n) is 6.10. The highest BCUT2D eigenvalue weighted by atomic mass is 19.1. The van der Waals surface area contributed by atoms with Gasteiger partial charge in [0.15, 0.2) is 0 Å². The summed E-state index contributed by atoms with van der Waals surface area (Å²) in [5.41, 5.74) is 4.50. The van der Waals surface area contributed by atoms with Crippen LogP contribution in [0, 0.1) is 17.5 Å². The largest absolute Gasteiger partial charge is 0.207 e. The van der Waals surface area contributed by atoms with Crippen molar-refractivity contribution in [2.24, 2.45) is 0 Å². The van der Waals surface area contributed by atoms with E-state index in [0.29, 0.717) is 23.1 Å². The Bertz CT molecular complexity index is 940. The van der Waals surface area contributed by atoms with Gasteiger partial charge in [0.25, 0.3) is 0 Å². The van der Waals surface area contributed by atoms with Crippen molar-refractivity contribution in [1.29, 1.82) is 0 Å². The van der Waals surface area contributed by atoms with Crippen LogP contribution in [0.3, 0.4) is 0 Å². The Morgan fingerprint density at radius 3 is 2.33 bits per heavy atom. The summed E-state index contributed by atoms with van der Waals surface area (Å²) in [5.74, 6) is -1.60. The highest BCUT2D eigenvalue weighted by Crippen LogP contribution is 2.42. The summed E-state index contributed by atoms with van der Waals surface area (Å²) in [5, 5.41) is 0. The van der Waals surface area contributed by atoms with E-state index in [1.165, 1.54) is 35.9 Å². The van der Waals surface area contributed by atoms with Gasteiger partial charge in [-0.15, -0.1) is 0 Å². The predicted molar refractivity (Wildman–Crippen MR) is 89.4 cm³/mol. The van der Waals surface area contributed by atoms with Crippen molar-refractivity contribution in [1.82, 2.24) is 0 Å². The zero-order chi connectivity index (χ0) is 16.8. The molecule has 0 nitrogen and oxygen atoms in total. The Balaban J connectivity index is 1.89. The van der Waals surface area contributed by atoms with Gasteiger partial charge >= 0.3 is 0 Å². The minimum Gasteiger partial charge on any atom is -0.207 e. The number of hydrogen-bond acceptors (Lipinski definition) is 0. The summed E-state index contributed by atoms with van der Waals surface area (Å²) in [6, 6.07) is 12.6. The first-order chi connectivity index (χ1) is 11.6. The van der Waals surface area contributed by atoms with Gasteiger partial charge < -0.3 is 0 Å². The van der Waals surface area contributed by atoms with Crippen LogP contribution < -0.4 is 0 Å². The summed E-state index contributed by atoms with van der Waals surface area (Å²) in [7, 11) is 0. The second-order valence-corrected chi connectivity index (χ2v) is 6.10. The van der Waals surface area contributed by atoms with Crippen molar-refractivity contribution in [3.8, 4) is 22.3 Å². The van der Waals surface area contributed by atoms with Crippen LogP contribution in [-0.2, 0) is 12.8 Å². The molecule has 0 spiro atoms. The molecule has 0 aromatic heterocycles. The number of rotatable bonds is 2. The van der Waals surface area contributed by atoms with E-state index in [4.69, 9.17) is 0 Å². The molecule has 3 aromatic carbocycles. The van der Waals surface area contributed by atoms with E-state index in [1.807, 2.05) is 12.1 Å². The monoisotopic (exact) mass is 324 g/mol. The molecule has 0 bridgehead atoms. The Hall–Kier alpha value is -2.55. The smallest absolute Gasteiger partial charge is 0.138 e. The Morgan fingerprint density at radius 1 is 0.875 bits per heavy atom. The topological polar surface area (TPSA) is 0 Å². The summed E-state index contributed by atoms with van der Waals surface area (Å²) in [6.07, 6.45) is 1.36. The van der Waals surface area contributed by atoms with E-state index in [-0.39, 0.29) is 5.56 Å². The second kappa shape index (κ2) is 5.52. The Labute approximate surface area is 138 Å². The molecule has 0 saturated heterocycles. The molecule has 0 N–H and O–H groups in total. The highest BCUT2D eigenvalue weighted by molar-refractivity contribution is 5.81. The number of benzene rings is 3. The van der Waals surface area contributed by atoms with E-state index in [1.54, 1.807) is 0 Å². The minimum absolute atomic E-state index is 0.0859. The molecule has 0 radical (unpaired) electrons. The third kappa shape index (κ3) is 2.23. The SMILES string of the molecule is CCc1ccc2c(c1)Cc1c-2cc(F)c(-c2ccc(F)cc2)c1F. The molecule has 1 aliphatic carbocycles. The van der Waals surface area contributed by atoms with Crippen LogP contribution in [0.5, 0.6) is 0 Å². The molecule has 0 saturated carbocycles. The van der Waals surface area contributed by atoms with Crippen molar-refractivity contribution in [3.63, 3.8) is 0 Å². The third-order valence-corrected chi connectivity index (χ3v) is 4.69. The van der Waals surface area contributed by atoms with Crippen LogP contribution in [0.25, 0.3) is 22.3 Å². The summed E-state index contributed by atoms with van der Waals surface area (Å²) in [6.45, 7) is 2.07. The number of aryl methyl sites for hydroxylation is 1. The lowest BCUT2D eigenvalue weighted by atomic mass is 9.97. The predicted octanol–water partition coefficient (Wildman–Crippen LogP) is 5.90. The van der Waals surface area contributed by atoms with Gasteiger partial charge in [0.05, 0.1) is 5.56 Å². The Morgan fingerprint density at radius 2 is 1.62 bits per heavy atom. The first-order valence-electron chi connectivity index (χ1n) is 7.97. The molecule has 1 aliphatic rings. The molecule has 3 heteroatoms. The first kappa shape index (κ1) is 15.0. The van der Waals surface area contributed by atoms with Gasteiger partial charge in [-0.25, -0.2) is 13.2 Å². The van der Waals surface area contributed by atoms with Crippen LogP contribution in [0.2, 0.25) is 0 Å². The molecule has 0 amide bonds. The van der Waals surface area contributed by atoms with Gasteiger partial charge in [0.2, 0.25) is 0 Å². The van der Waals surface area contributed by atoms with Crippen LogP contribution in [0.1, 0.15) is 23.6 Å². The van der Waals surface area contributed by atoms with Crippen LogP contribution >= 0.6 is 0 Å². The van der Waals surface area contributed by atoms with Crippen molar-refractivity contribution >= 4 is 0 Å². The maximum absolute atomic E-state index is 15.0. The van der Waals surface area contributed by atoms with E-state index in [2.05, 4.69) is 13.0 Å². The molecule has 0 aliphatic heterocycles. The van der Waals surface area contributed by atoms with Gasteiger partial charge in [0, 0.05) is 12.0 Å². The number of fused-ring (bicyclic) bond motifs is 3. The van der Waals surface area contributed by atoms with Crippen molar-refractivity contribution < 1.29 is 13.2 Å². The fourth-order valence-electron chi connectivity index (χ4n) is 3.42.